The predicted octanol–water partition coefficient (Wildman–Crippen LogP) is 0.869. The van der Waals surface area contributed by atoms with Crippen molar-refractivity contribution in [3.05, 3.63) is 12.7 Å². The quantitative estimate of drug-likeness (QED) is 0.577. The molecule has 56 valence electrons. The van der Waals surface area contributed by atoms with Crippen LogP contribution in [0.4, 0.5) is 0 Å². The normalized spacial score (nSPS) is 32.1. The molecule has 0 saturated heterocycles. The number of ketones is 1. The lowest BCUT2D eigenvalue weighted by Crippen LogP contribution is -2.29. The zero-order chi connectivity index (χ0) is 7.56. The van der Waals surface area contributed by atoms with Crippen molar-refractivity contribution in [2.75, 3.05) is 0 Å². The first-order valence-electron chi connectivity index (χ1n) is 3.67. The summed E-state index contributed by atoms with van der Waals surface area (Å²) >= 11 is 0. The Kier molecular flexibility index (Phi) is 2.22. The maximum Gasteiger partial charge on any atom is 0.159 e. The highest BCUT2D eigenvalue weighted by Gasteiger charge is 2.27. The molecule has 0 unspecified atom stereocenters. The first-order chi connectivity index (χ1) is 4.75. The van der Waals surface area contributed by atoms with Crippen molar-refractivity contribution in [2.24, 2.45) is 11.7 Å². The molecule has 0 aliphatic heterocycles. The average Bonchev–Trinajstić information content (AvgIpc) is 2.34. The molecule has 1 rings (SSSR count). The van der Waals surface area contributed by atoms with Crippen LogP contribution in [0.15, 0.2) is 12.7 Å². The largest absolute Gasteiger partial charge is 0.327 e. The zero-order valence-corrected chi connectivity index (χ0v) is 6.05. The van der Waals surface area contributed by atoms with E-state index in [0.717, 1.165) is 19.3 Å². The van der Waals surface area contributed by atoms with E-state index in [9.17, 15) is 4.79 Å². The third-order valence-corrected chi connectivity index (χ3v) is 2.14. The minimum atomic E-state index is 0.0671. The van der Waals surface area contributed by atoms with E-state index in [4.69, 9.17) is 5.73 Å². The summed E-state index contributed by atoms with van der Waals surface area (Å²) in [6.07, 6.45) is 4.41. The summed E-state index contributed by atoms with van der Waals surface area (Å²) in [5.74, 6) is 0.183. The molecule has 0 bridgehead atoms. The Morgan fingerprint density at radius 2 is 2.30 bits per heavy atom. The molecule has 2 heteroatoms. The van der Waals surface area contributed by atoms with Crippen LogP contribution >= 0.6 is 0 Å². The molecule has 1 aliphatic carbocycles. The Labute approximate surface area is 61.1 Å². The van der Waals surface area contributed by atoms with E-state index in [1.807, 2.05) is 0 Å². The molecule has 0 spiro atoms. The molecule has 0 aromatic heterocycles. The molecule has 2 N–H and O–H groups in total. The van der Waals surface area contributed by atoms with Crippen LogP contribution < -0.4 is 5.73 Å². The summed E-state index contributed by atoms with van der Waals surface area (Å²) in [6, 6.07) is 0.0884. The van der Waals surface area contributed by atoms with Gasteiger partial charge < -0.3 is 5.73 Å². The Hall–Kier alpha value is -0.630. The second kappa shape index (κ2) is 2.97. The van der Waals surface area contributed by atoms with E-state index in [0.29, 0.717) is 0 Å². The van der Waals surface area contributed by atoms with E-state index < -0.39 is 0 Å². The van der Waals surface area contributed by atoms with Gasteiger partial charge in [-0.1, -0.05) is 13.0 Å². The predicted molar refractivity (Wildman–Crippen MR) is 40.5 cm³/mol. The molecule has 10 heavy (non-hydrogen) atoms. The van der Waals surface area contributed by atoms with Crippen molar-refractivity contribution in [3.8, 4) is 0 Å². The molecule has 0 aromatic carbocycles. The molecule has 0 radical (unpaired) electrons. The minimum absolute atomic E-state index is 0.0671. The minimum Gasteiger partial charge on any atom is -0.327 e. The van der Waals surface area contributed by atoms with Crippen LogP contribution in [0, 0.1) is 5.92 Å². The molecule has 2 nitrogen and oxygen atoms in total. The van der Waals surface area contributed by atoms with Crippen LogP contribution in [-0.2, 0) is 4.79 Å². The second-order valence-corrected chi connectivity index (χ2v) is 2.81. The van der Waals surface area contributed by atoms with Gasteiger partial charge in [0, 0.05) is 12.0 Å². The van der Waals surface area contributed by atoms with E-state index in [1.54, 1.807) is 0 Å². The lowest BCUT2D eigenvalue weighted by atomic mass is 9.99. The maximum absolute atomic E-state index is 11.0. The fourth-order valence-corrected chi connectivity index (χ4v) is 1.49. The van der Waals surface area contributed by atoms with Gasteiger partial charge in [0.05, 0.1) is 0 Å². The number of rotatable bonds is 2. The van der Waals surface area contributed by atoms with Crippen LogP contribution in [0.25, 0.3) is 0 Å². The monoisotopic (exact) mass is 139 g/mol. The standard InChI is InChI=1S/C8H13NO/c1-2-8(10)6-4-3-5-7(6)9/h2,6-7H,1,3-5,9H2/t6-,7+/m0/s1. The summed E-state index contributed by atoms with van der Waals surface area (Å²) in [6.45, 7) is 3.43. The van der Waals surface area contributed by atoms with Crippen LogP contribution in [0.2, 0.25) is 0 Å². The van der Waals surface area contributed by atoms with E-state index >= 15 is 0 Å². The maximum atomic E-state index is 11.0. The molecule has 2 atom stereocenters. The number of nitrogens with two attached hydrogens (primary N) is 1. The third-order valence-electron chi connectivity index (χ3n) is 2.14. The average molecular weight is 139 g/mol. The molecule has 0 amide bonds. The highest BCUT2D eigenvalue weighted by molar-refractivity contribution is 5.91. The van der Waals surface area contributed by atoms with Gasteiger partial charge in [0.2, 0.25) is 0 Å². The molecular formula is C8H13NO. The SMILES string of the molecule is C=CC(=O)[C@H]1CCC[C@H]1N. The number of carbonyl (C=O) groups excluding carboxylic acids is 1. The fourth-order valence-electron chi connectivity index (χ4n) is 1.49. The van der Waals surface area contributed by atoms with Gasteiger partial charge in [0.1, 0.15) is 0 Å². The lowest BCUT2D eigenvalue weighted by Gasteiger charge is -2.09. The number of hydrogen-bond donors (Lipinski definition) is 1. The summed E-state index contributed by atoms with van der Waals surface area (Å²) in [7, 11) is 0. The van der Waals surface area contributed by atoms with Crippen LogP contribution in [-0.4, -0.2) is 11.8 Å². The van der Waals surface area contributed by atoms with Gasteiger partial charge in [-0.3, -0.25) is 4.79 Å². The zero-order valence-electron chi connectivity index (χ0n) is 6.05. The summed E-state index contributed by atoms with van der Waals surface area (Å²) in [5.41, 5.74) is 5.69. The highest BCUT2D eigenvalue weighted by Crippen LogP contribution is 2.24. The lowest BCUT2D eigenvalue weighted by molar-refractivity contribution is -0.118. The topological polar surface area (TPSA) is 43.1 Å². The van der Waals surface area contributed by atoms with Crippen LogP contribution in [0.3, 0.4) is 0 Å². The van der Waals surface area contributed by atoms with Crippen molar-refractivity contribution in [3.63, 3.8) is 0 Å². The van der Waals surface area contributed by atoms with Crippen molar-refractivity contribution in [1.82, 2.24) is 0 Å². The van der Waals surface area contributed by atoms with Crippen LogP contribution in [0.1, 0.15) is 19.3 Å². The first kappa shape index (κ1) is 7.48. The Morgan fingerprint density at radius 3 is 2.70 bits per heavy atom. The van der Waals surface area contributed by atoms with E-state index in [2.05, 4.69) is 6.58 Å². The molecule has 1 aliphatic rings. The van der Waals surface area contributed by atoms with Gasteiger partial charge >= 0.3 is 0 Å². The van der Waals surface area contributed by atoms with Gasteiger partial charge in [-0.25, -0.2) is 0 Å². The Bertz CT molecular complexity index is 153. The number of hydrogen-bond acceptors (Lipinski definition) is 2. The van der Waals surface area contributed by atoms with E-state index in [-0.39, 0.29) is 17.7 Å². The smallest absolute Gasteiger partial charge is 0.159 e. The molecule has 0 aromatic rings. The summed E-state index contributed by atoms with van der Waals surface area (Å²) < 4.78 is 0. The molecule has 0 heterocycles. The highest BCUT2D eigenvalue weighted by atomic mass is 16.1. The van der Waals surface area contributed by atoms with Gasteiger partial charge in [-0.05, 0) is 18.9 Å². The van der Waals surface area contributed by atoms with Gasteiger partial charge in [-0.2, -0.15) is 0 Å². The molecule has 1 fully saturated rings. The van der Waals surface area contributed by atoms with Crippen molar-refractivity contribution in [1.29, 1.82) is 0 Å². The van der Waals surface area contributed by atoms with Gasteiger partial charge in [0.25, 0.3) is 0 Å². The number of carbonyl (C=O) groups is 1. The van der Waals surface area contributed by atoms with E-state index in [1.165, 1.54) is 6.08 Å². The summed E-state index contributed by atoms with van der Waals surface area (Å²) in [4.78, 5) is 11.0. The second-order valence-electron chi connectivity index (χ2n) is 2.81. The molecular weight excluding hydrogens is 126 g/mol. The Morgan fingerprint density at radius 1 is 1.60 bits per heavy atom. The van der Waals surface area contributed by atoms with Crippen molar-refractivity contribution >= 4 is 5.78 Å². The van der Waals surface area contributed by atoms with Crippen LogP contribution in [0.5, 0.6) is 0 Å². The van der Waals surface area contributed by atoms with Crippen molar-refractivity contribution in [2.45, 2.75) is 25.3 Å². The Balaban J connectivity index is 2.54. The first-order valence-corrected chi connectivity index (χ1v) is 3.67. The van der Waals surface area contributed by atoms with Gasteiger partial charge in [-0.15, -0.1) is 0 Å². The third kappa shape index (κ3) is 1.27. The molecule has 1 saturated carbocycles. The fraction of sp³-hybridized carbons (Fsp3) is 0.625. The summed E-state index contributed by atoms with van der Waals surface area (Å²) in [5, 5.41) is 0. The number of allylic oxidation sites excluding steroid dienone is 1. The van der Waals surface area contributed by atoms with Gasteiger partial charge in [0.15, 0.2) is 5.78 Å². The van der Waals surface area contributed by atoms with Crippen molar-refractivity contribution < 1.29 is 4.79 Å².